The van der Waals surface area contributed by atoms with E-state index in [1.54, 1.807) is 23.9 Å². The van der Waals surface area contributed by atoms with Gasteiger partial charge < -0.3 is 9.73 Å². The van der Waals surface area contributed by atoms with Crippen molar-refractivity contribution in [2.75, 3.05) is 7.05 Å². The molecule has 2 aromatic rings. The molecule has 0 aromatic carbocycles. The Morgan fingerprint density at radius 1 is 1.64 bits per heavy atom. The predicted octanol–water partition coefficient (Wildman–Crippen LogP) is 2.24. The second kappa shape index (κ2) is 4.39. The van der Waals surface area contributed by atoms with Gasteiger partial charge in [0.25, 0.3) is 0 Å². The van der Waals surface area contributed by atoms with Crippen molar-refractivity contribution in [3.8, 4) is 0 Å². The molecule has 1 unspecified atom stereocenters. The minimum absolute atomic E-state index is 0.333. The average molecular weight is 208 g/mol. The van der Waals surface area contributed by atoms with Crippen molar-refractivity contribution >= 4 is 11.3 Å². The zero-order valence-corrected chi connectivity index (χ0v) is 8.75. The fraction of sp³-hybridized carbons (Fsp3) is 0.300. The number of rotatable bonds is 4. The monoisotopic (exact) mass is 208 g/mol. The SMILES string of the molecule is CNC(Cc1ccoc1)c1cncs1. The van der Waals surface area contributed by atoms with Crippen LogP contribution in [-0.2, 0) is 6.42 Å². The highest BCUT2D eigenvalue weighted by Gasteiger charge is 2.11. The van der Waals surface area contributed by atoms with E-state index in [-0.39, 0.29) is 0 Å². The summed E-state index contributed by atoms with van der Waals surface area (Å²) >= 11 is 1.67. The molecule has 0 radical (unpaired) electrons. The van der Waals surface area contributed by atoms with Gasteiger partial charge in [-0.3, -0.25) is 4.98 Å². The Balaban J connectivity index is 2.08. The van der Waals surface area contributed by atoms with Gasteiger partial charge in [-0.2, -0.15) is 0 Å². The van der Waals surface area contributed by atoms with Crippen molar-refractivity contribution in [1.29, 1.82) is 0 Å². The molecule has 4 heteroatoms. The molecular weight excluding hydrogens is 196 g/mol. The molecule has 2 rings (SSSR count). The maximum atomic E-state index is 5.04. The third-order valence-corrected chi connectivity index (χ3v) is 3.05. The van der Waals surface area contributed by atoms with Crippen molar-refractivity contribution in [1.82, 2.24) is 10.3 Å². The van der Waals surface area contributed by atoms with Crippen molar-refractivity contribution in [3.05, 3.63) is 40.7 Å². The first-order valence-corrected chi connectivity index (χ1v) is 5.35. The van der Waals surface area contributed by atoms with E-state index < -0.39 is 0 Å². The molecule has 0 aliphatic rings. The summed E-state index contributed by atoms with van der Waals surface area (Å²) in [7, 11) is 1.96. The minimum Gasteiger partial charge on any atom is -0.472 e. The summed E-state index contributed by atoms with van der Waals surface area (Å²) in [6, 6.07) is 2.32. The van der Waals surface area contributed by atoms with E-state index in [1.807, 2.05) is 24.8 Å². The van der Waals surface area contributed by atoms with Gasteiger partial charge in [-0.25, -0.2) is 0 Å². The molecule has 0 fully saturated rings. The Bertz CT molecular complexity index is 355. The zero-order valence-electron chi connectivity index (χ0n) is 7.93. The molecule has 3 nitrogen and oxygen atoms in total. The Morgan fingerprint density at radius 3 is 3.14 bits per heavy atom. The molecule has 1 N–H and O–H groups in total. The number of nitrogens with one attached hydrogen (secondary N) is 1. The summed E-state index contributed by atoms with van der Waals surface area (Å²) in [5.74, 6) is 0. The number of likely N-dealkylation sites (N-methyl/N-ethyl adjacent to an activating group) is 1. The number of thiazole rings is 1. The highest BCUT2D eigenvalue weighted by molar-refractivity contribution is 7.09. The molecule has 14 heavy (non-hydrogen) atoms. The van der Waals surface area contributed by atoms with Crippen molar-refractivity contribution in [3.63, 3.8) is 0 Å². The minimum atomic E-state index is 0.333. The van der Waals surface area contributed by atoms with Crippen LogP contribution in [0.2, 0.25) is 0 Å². The van der Waals surface area contributed by atoms with Crippen molar-refractivity contribution < 1.29 is 4.42 Å². The fourth-order valence-corrected chi connectivity index (χ4v) is 2.12. The van der Waals surface area contributed by atoms with Gasteiger partial charge in [-0.15, -0.1) is 11.3 Å². The molecular formula is C10H12N2OS. The van der Waals surface area contributed by atoms with Crippen LogP contribution in [0.1, 0.15) is 16.5 Å². The first-order chi connectivity index (χ1) is 6.90. The highest BCUT2D eigenvalue weighted by Crippen LogP contribution is 2.21. The lowest BCUT2D eigenvalue weighted by Crippen LogP contribution is -2.17. The Morgan fingerprint density at radius 2 is 2.57 bits per heavy atom. The van der Waals surface area contributed by atoms with Crippen LogP contribution in [0.4, 0.5) is 0 Å². The molecule has 1 atom stereocenters. The van der Waals surface area contributed by atoms with E-state index in [1.165, 1.54) is 10.4 Å². The van der Waals surface area contributed by atoms with Crippen LogP contribution in [0.3, 0.4) is 0 Å². The van der Waals surface area contributed by atoms with Gasteiger partial charge in [0.2, 0.25) is 0 Å². The van der Waals surface area contributed by atoms with Crippen molar-refractivity contribution in [2.24, 2.45) is 0 Å². The number of hydrogen-bond acceptors (Lipinski definition) is 4. The molecule has 0 saturated carbocycles. The molecule has 0 spiro atoms. The van der Waals surface area contributed by atoms with Gasteiger partial charge in [0.05, 0.1) is 18.0 Å². The molecule has 0 bridgehead atoms. The topological polar surface area (TPSA) is 38.1 Å². The number of furan rings is 1. The highest BCUT2D eigenvalue weighted by atomic mass is 32.1. The fourth-order valence-electron chi connectivity index (χ4n) is 1.39. The Kier molecular flexibility index (Phi) is 2.96. The van der Waals surface area contributed by atoms with Gasteiger partial charge in [0, 0.05) is 17.1 Å². The molecule has 2 heterocycles. The van der Waals surface area contributed by atoms with E-state index in [9.17, 15) is 0 Å². The number of nitrogens with zero attached hydrogens (tertiary/aromatic N) is 1. The van der Waals surface area contributed by atoms with E-state index in [0.717, 1.165) is 6.42 Å². The molecule has 0 saturated heterocycles. The molecule has 2 aromatic heterocycles. The first-order valence-electron chi connectivity index (χ1n) is 4.47. The summed E-state index contributed by atoms with van der Waals surface area (Å²) in [6.45, 7) is 0. The van der Waals surface area contributed by atoms with E-state index >= 15 is 0 Å². The maximum Gasteiger partial charge on any atom is 0.0935 e. The smallest absolute Gasteiger partial charge is 0.0935 e. The van der Waals surface area contributed by atoms with Gasteiger partial charge >= 0.3 is 0 Å². The molecule has 0 aliphatic carbocycles. The van der Waals surface area contributed by atoms with Crippen LogP contribution in [0.5, 0.6) is 0 Å². The summed E-state index contributed by atoms with van der Waals surface area (Å²) in [6.07, 6.45) is 6.33. The summed E-state index contributed by atoms with van der Waals surface area (Å²) in [5, 5.41) is 3.27. The lowest BCUT2D eigenvalue weighted by atomic mass is 10.1. The van der Waals surface area contributed by atoms with E-state index in [4.69, 9.17) is 4.42 Å². The largest absolute Gasteiger partial charge is 0.472 e. The lowest BCUT2D eigenvalue weighted by Gasteiger charge is -2.12. The first kappa shape index (κ1) is 9.43. The second-order valence-electron chi connectivity index (χ2n) is 3.08. The van der Waals surface area contributed by atoms with Gasteiger partial charge in [-0.05, 0) is 25.1 Å². The van der Waals surface area contributed by atoms with Crippen LogP contribution in [0.25, 0.3) is 0 Å². The second-order valence-corrected chi connectivity index (χ2v) is 4.00. The zero-order chi connectivity index (χ0) is 9.80. The van der Waals surface area contributed by atoms with E-state index in [0.29, 0.717) is 6.04 Å². The maximum absolute atomic E-state index is 5.04. The normalized spacial score (nSPS) is 12.9. The van der Waals surface area contributed by atoms with Crippen LogP contribution >= 0.6 is 11.3 Å². The number of hydrogen-bond donors (Lipinski definition) is 1. The number of aromatic nitrogens is 1. The van der Waals surface area contributed by atoms with Crippen LogP contribution in [0.15, 0.2) is 34.7 Å². The summed E-state index contributed by atoms with van der Waals surface area (Å²) < 4.78 is 5.04. The Hall–Kier alpha value is -1.13. The van der Waals surface area contributed by atoms with Gasteiger partial charge in [0.1, 0.15) is 0 Å². The quantitative estimate of drug-likeness (QED) is 0.837. The van der Waals surface area contributed by atoms with Crippen molar-refractivity contribution in [2.45, 2.75) is 12.5 Å². The van der Waals surface area contributed by atoms with Gasteiger partial charge in [-0.1, -0.05) is 0 Å². The third kappa shape index (κ3) is 2.02. The van der Waals surface area contributed by atoms with Gasteiger partial charge in [0.15, 0.2) is 0 Å². The third-order valence-electron chi connectivity index (χ3n) is 2.16. The summed E-state index contributed by atoms with van der Waals surface area (Å²) in [4.78, 5) is 5.33. The standard InChI is InChI=1S/C10H12N2OS/c1-11-9(10-5-12-7-14-10)4-8-2-3-13-6-8/h2-3,5-7,9,11H,4H2,1H3. The molecule has 0 amide bonds. The molecule has 0 aliphatic heterocycles. The average Bonchev–Trinajstić information content (AvgIpc) is 2.86. The lowest BCUT2D eigenvalue weighted by molar-refractivity contribution is 0.553. The van der Waals surface area contributed by atoms with Crippen LogP contribution in [-0.4, -0.2) is 12.0 Å². The molecule has 74 valence electrons. The Labute approximate surface area is 86.8 Å². The van der Waals surface area contributed by atoms with E-state index in [2.05, 4.69) is 10.3 Å². The summed E-state index contributed by atoms with van der Waals surface area (Å²) in [5.41, 5.74) is 3.06. The van der Waals surface area contributed by atoms with Crippen LogP contribution < -0.4 is 5.32 Å². The van der Waals surface area contributed by atoms with Crippen LogP contribution in [0, 0.1) is 0 Å². The predicted molar refractivity (Wildman–Crippen MR) is 56.3 cm³/mol.